The van der Waals surface area contributed by atoms with Crippen molar-refractivity contribution in [1.82, 2.24) is 0 Å². The lowest BCUT2D eigenvalue weighted by atomic mass is 10.1. The standard InChI is InChI=1S/C13H20O2S/c1-3-12(15)11-6-4-5-7-13(11)16-9-10(2)8-14/h4-7,10,12,14-15H,3,8-9H2,1-2H3/t10?,12-/m1/s1. The molecule has 1 rings (SSSR count). The molecule has 0 aliphatic heterocycles. The van der Waals surface area contributed by atoms with E-state index in [-0.39, 0.29) is 18.6 Å². The number of benzene rings is 1. The summed E-state index contributed by atoms with van der Waals surface area (Å²) in [6.45, 7) is 4.21. The fourth-order valence-corrected chi connectivity index (χ4v) is 2.51. The molecule has 2 atom stereocenters. The molecule has 0 aliphatic rings. The molecule has 0 aliphatic carbocycles. The highest BCUT2D eigenvalue weighted by Gasteiger charge is 2.11. The minimum atomic E-state index is -0.381. The van der Waals surface area contributed by atoms with Gasteiger partial charge < -0.3 is 10.2 Å². The lowest BCUT2D eigenvalue weighted by molar-refractivity contribution is 0.171. The molecule has 16 heavy (non-hydrogen) atoms. The van der Waals surface area contributed by atoms with Gasteiger partial charge in [0.05, 0.1) is 6.10 Å². The lowest BCUT2D eigenvalue weighted by Crippen LogP contribution is -2.04. The average Bonchev–Trinajstić information content (AvgIpc) is 2.35. The molecule has 2 N–H and O–H groups in total. The van der Waals surface area contributed by atoms with Gasteiger partial charge >= 0.3 is 0 Å². The van der Waals surface area contributed by atoms with Crippen molar-refractivity contribution in [2.45, 2.75) is 31.3 Å². The van der Waals surface area contributed by atoms with E-state index in [0.29, 0.717) is 0 Å². The minimum Gasteiger partial charge on any atom is -0.396 e. The molecule has 1 aromatic rings. The van der Waals surface area contributed by atoms with Gasteiger partial charge in [-0.1, -0.05) is 32.0 Å². The van der Waals surface area contributed by atoms with Gasteiger partial charge in [0.25, 0.3) is 0 Å². The first-order chi connectivity index (χ1) is 7.69. The number of aliphatic hydroxyl groups excluding tert-OH is 2. The van der Waals surface area contributed by atoms with Gasteiger partial charge in [0.1, 0.15) is 0 Å². The predicted molar refractivity (Wildman–Crippen MR) is 68.7 cm³/mol. The molecular weight excluding hydrogens is 220 g/mol. The van der Waals surface area contributed by atoms with Crippen LogP contribution < -0.4 is 0 Å². The van der Waals surface area contributed by atoms with Gasteiger partial charge in [0, 0.05) is 17.3 Å². The Labute approximate surface area is 102 Å². The molecule has 0 amide bonds. The predicted octanol–water partition coefficient (Wildman–Crippen LogP) is 2.85. The third kappa shape index (κ3) is 3.81. The van der Waals surface area contributed by atoms with E-state index in [4.69, 9.17) is 5.11 Å². The number of hydrogen-bond donors (Lipinski definition) is 2. The van der Waals surface area contributed by atoms with Crippen LogP contribution in [0.3, 0.4) is 0 Å². The van der Waals surface area contributed by atoms with E-state index in [0.717, 1.165) is 22.6 Å². The molecule has 0 radical (unpaired) electrons. The summed E-state index contributed by atoms with van der Waals surface area (Å²) in [4.78, 5) is 1.12. The summed E-state index contributed by atoms with van der Waals surface area (Å²) < 4.78 is 0. The van der Waals surface area contributed by atoms with E-state index >= 15 is 0 Å². The topological polar surface area (TPSA) is 40.5 Å². The number of hydrogen-bond acceptors (Lipinski definition) is 3. The smallest absolute Gasteiger partial charge is 0.0798 e. The van der Waals surface area contributed by atoms with Crippen LogP contribution in [0.15, 0.2) is 29.2 Å². The van der Waals surface area contributed by atoms with Gasteiger partial charge in [-0.05, 0) is 24.0 Å². The van der Waals surface area contributed by atoms with Gasteiger partial charge in [0.2, 0.25) is 0 Å². The van der Waals surface area contributed by atoms with Crippen LogP contribution in [0.5, 0.6) is 0 Å². The molecule has 0 bridgehead atoms. The maximum absolute atomic E-state index is 9.87. The third-order valence-corrected chi connectivity index (χ3v) is 3.92. The summed E-state index contributed by atoms with van der Waals surface area (Å²) >= 11 is 1.70. The Morgan fingerprint density at radius 1 is 1.31 bits per heavy atom. The highest BCUT2D eigenvalue weighted by Crippen LogP contribution is 2.29. The van der Waals surface area contributed by atoms with Crippen molar-refractivity contribution < 1.29 is 10.2 Å². The first-order valence-electron chi connectivity index (χ1n) is 5.69. The maximum atomic E-state index is 9.87. The number of thioether (sulfide) groups is 1. The molecule has 0 saturated heterocycles. The van der Waals surface area contributed by atoms with Crippen LogP contribution in [0, 0.1) is 5.92 Å². The monoisotopic (exact) mass is 240 g/mol. The summed E-state index contributed by atoms with van der Waals surface area (Å²) in [5.74, 6) is 1.17. The Balaban J connectivity index is 2.71. The van der Waals surface area contributed by atoms with Crippen LogP contribution in [-0.2, 0) is 0 Å². The fraction of sp³-hybridized carbons (Fsp3) is 0.538. The molecule has 0 fully saturated rings. The molecule has 90 valence electrons. The van der Waals surface area contributed by atoms with Crippen molar-refractivity contribution in [1.29, 1.82) is 0 Å². The zero-order chi connectivity index (χ0) is 12.0. The lowest BCUT2D eigenvalue weighted by Gasteiger charge is -2.14. The molecule has 1 unspecified atom stereocenters. The third-order valence-electron chi connectivity index (χ3n) is 2.50. The van der Waals surface area contributed by atoms with Crippen LogP contribution in [0.1, 0.15) is 31.9 Å². The SMILES string of the molecule is CC[C@@H](O)c1ccccc1SCC(C)CO. The largest absolute Gasteiger partial charge is 0.396 e. The van der Waals surface area contributed by atoms with Crippen LogP contribution in [-0.4, -0.2) is 22.6 Å². The highest BCUT2D eigenvalue weighted by atomic mass is 32.2. The second-order valence-electron chi connectivity index (χ2n) is 4.06. The Bertz CT molecular complexity index is 315. The van der Waals surface area contributed by atoms with Crippen molar-refractivity contribution in [3.63, 3.8) is 0 Å². The molecule has 0 aromatic heterocycles. The van der Waals surface area contributed by atoms with Gasteiger partial charge in [-0.15, -0.1) is 11.8 Å². The minimum absolute atomic E-state index is 0.214. The van der Waals surface area contributed by atoms with Crippen LogP contribution in [0.2, 0.25) is 0 Å². The van der Waals surface area contributed by atoms with Gasteiger partial charge in [-0.2, -0.15) is 0 Å². The summed E-state index contributed by atoms with van der Waals surface area (Å²) in [6.07, 6.45) is 0.348. The zero-order valence-electron chi connectivity index (χ0n) is 9.89. The molecule has 2 nitrogen and oxygen atoms in total. The van der Waals surface area contributed by atoms with Crippen LogP contribution >= 0.6 is 11.8 Å². The first kappa shape index (κ1) is 13.6. The molecule has 0 spiro atoms. The number of rotatable bonds is 6. The number of aliphatic hydroxyl groups is 2. The first-order valence-corrected chi connectivity index (χ1v) is 6.68. The van der Waals surface area contributed by atoms with E-state index < -0.39 is 0 Å². The van der Waals surface area contributed by atoms with Crippen LogP contribution in [0.25, 0.3) is 0 Å². The molecule has 3 heteroatoms. The van der Waals surface area contributed by atoms with E-state index in [1.54, 1.807) is 11.8 Å². The molecule has 0 heterocycles. The molecule has 1 aromatic carbocycles. The van der Waals surface area contributed by atoms with E-state index in [1.165, 1.54) is 0 Å². The van der Waals surface area contributed by atoms with Crippen molar-refractivity contribution in [2.24, 2.45) is 5.92 Å². The van der Waals surface area contributed by atoms with Crippen LogP contribution in [0.4, 0.5) is 0 Å². The summed E-state index contributed by atoms with van der Waals surface area (Å²) in [5.41, 5.74) is 1.00. The fourth-order valence-electron chi connectivity index (χ4n) is 1.39. The molecular formula is C13H20O2S. The van der Waals surface area contributed by atoms with Crippen molar-refractivity contribution in [3.05, 3.63) is 29.8 Å². The summed E-state index contributed by atoms with van der Waals surface area (Å²) in [7, 11) is 0. The summed E-state index contributed by atoms with van der Waals surface area (Å²) in [5, 5.41) is 18.8. The maximum Gasteiger partial charge on any atom is 0.0798 e. The second-order valence-corrected chi connectivity index (χ2v) is 5.12. The van der Waals surface area contributed by atoms with Crippen molar-refractivity contribution in [2.75, 3.05) is 12.4 Å². The highest BCUT2D eigenvalue weighted by molar-refractivity contribution is 7.99. The molecule has 0 saturated carbocycles. The average molecular weight is 240 g/mol. The quantitative estimate of drug-likeness (QED) is 0.751. The Morgan fingerprint density at radius 2 is 2.00 bits per heavy atom. The van der Waals surface area contributed by atoms with E-state index in [1.807, 2.05) is 38.1 Å². The van der Waals surface area contributed by atoms with E-state index in [2.05, 4.69) is 0 Å². The normalized spacial score (nSPS) is 14.8. The van der Waals surface area contributed by atoms with Gasteiger partial charge in [-0.25, -0.2) is 0 Å². The Hall–Kier alpha value is -0.510. The second kappa shape index (κ2) is 6.94. The van der Waals surface area contributed by atoms with Crippen molar-refractivity contribution in [3.8, 4) is 0 Å². The van der Waals surface area contributed by atoms with Crippen molar-refractivity contribution >= 4 is 11.8 Å². The summed E-state index contributed by atoms with van der Waals surface area (Å²) in [6, 6.07) is 7.94. The van der Waals surface area contributed by atoms with Gasteiger partial charge in [0.15, 0.2) is 0 Å². The Morgan fingerprint density at radius 3 is 2.62 bits per heavy atom. The zero-order valence-corrected chi connectivity index (χ0v) is 10.7. The van der Waals surface area contributed by atoms with Gasteiger partial charge in [-0.3, -0.25) is 0 Å². The van der Waals surface area contributed by atoms with E-state index in [9.17, 15) is 5.11 Å². The Kier molecular flexibility index (Phi) is 5.88.